The first-order valence-corrected chi connectivity index (χ1v) is 31.9. The lowest BCUT2D eigenvalue weighted by atomic mass is 9.72. The van der Waals surface area contributed by atoms with E-state index in [1.54, 1.807) is 6.08 Å². The number of carbonyl (C=O) groups excluding carboxylic acids is 5. The van der Waals surface area contributed by atoms with Gasteiger partial charge >= 0.3 is 0 Å². The van der Waals surface area contributed by atoms with Crippen LogP contribution in [0.25, 0.3) is 0 Å². The van der Waals surface area contributed by atoms with Crippen LogP contribution in [0.15, 0.2) is 117 Å². The van der Waals surface area contributed by atoms with E-state index in [1.165, 1.54) is 54.1 Å². The summed E-state index contributed by atoms with van der Waals surface area (Å²) in [7, 11) is 0. The first-order chi connectivity index (χ1) is 41.8. The third-order valence-electron chi connectivity index (χ3n) is 14.8. The molecule has 0 saturated carbocycles. The van der Waals surface area contributed by atoms with Gasteiger partial charge in [-0.2, -0.15) is 0 Å². The van der Waals surface area contributed by atoms with Gasteiger partial charge in [0.15, 0.2) is 0 Å². The van der Waals surface area contributed by atoms with Gasteiger partial charge in [0.05, 0.1) is 92.5 Å². The Morgan fingerprint density at radius 3 is 1.36 bits per heavy atom. The zero-order valence-corrected chi connectivity index (χ0v) is 55.0. The summed E-state index contributed by atoms with van der Waals surface area (Å²) in [5.74, 6) is -0.903. The van der Waals surface area contributed by atoms with Crippen LogP contribution in [-0.2, 0) is 61.9 Å². The molecule has 2 aliphatic rings. The first kappa shape index (κ1) is 77.7. The molecule has 0 aliphatic heterocycles. The lowest BCUT2D eigenvalue weighted by molar-refractivity contribution is -0.127. The van der Waals surface area contributed by atoms with Crippen LogP contribution in [0.5, 0.6) is 0 Å². The van der Waals surface area contributed by atoms with E-state index in [2.05, 4.69) is 107 Å². The SMILES string of the molecule is CC1=C(/C=C/C(C)=C/C=C/C(C)=C/C(=O)NCCCC[C@H](NC(=O)/C=C(C)/C=C/C=C(C)/C=C/C2=C(C)CCCC2(C)C)C(=O)NCCCOCCOCCOCCCNC(=O)CCOCCOCCOCCOCCOCCC=O)C(C)(C)CCC1. The molecule has 87 heavy (non-hydrogen) atoms. The van der Waals surface area contributed by atoms with Crippen LogP contribution in [0.2, 0.25) is 0 Å². The summed E-state index contributed by atoms with van der Waals surface area (Å²) in [4.78, 5) is 62.0. The van der Waals surface area contributed by atoms with E-state index in [4.69, 9.17) is 37.9 Å². The molecule has 490 valence electrons. The quantitative estimate of drug-likeness (QED) is 0.0194. The van der Waals surface area contributed by atoms with Crippen molar-refractivity contribution < 1.29 is 61.9 Å². The Morgan fingerprint density at radius 1 is 0.483 bits per heavy atom. The van der Waals surface area contributed by atoms with E-state index >= 15 is 0 Å². The van der Waals surface area contributed by atoms with Crippen molar-refractivity contribution in [2.24, 2.45) is 10.8 Å². The van der Waals surface area contributed by atoms with Crippen LogP contribution in [0.3, 0.4) is 0 Å². The Bertz CT molecular complexity index is 2340. The number of rotatable bonds is 49. The molecule has 4 amide bonds. The fourth-order valence-corrected chi connectivity index (χ4v) is 9.81. The average molecular weight is 1220 g/mol. The number of carbonyl (C=O) groups is 5. The number of ether oxygens (including phenoxy) is 8. The van der Waals surface area contributed by atoms with Crippen LogP contribution in [0, 0.1) is 10.8 Å². The third kappa shape index (κ3) is 40.0. The molecule has 0 radical (unpaired) electrons. The second-order valence-corrected chi connectivity index (χ2v) is 23.6. The molecule has 17 nitrogen and oxygen atoms in total. The van der Waals surface area contributed by atoms with E-state index in [0.29, 0.717) is 164 Å². The van der Waals surface area contributed by atoms with Gasteiger partial charge in [0.25, 0.3) is 0 Å². The Labute approximate surface area is 523 Å². The average Bonchev–Trinajstić information content (AvgIpc) is 3.57. The molecule has 0 spiro atoms. The Kier molecular flexibility index (Phi) is 43.4. The molecule has 0 bridgehead atoms. The zero-order chi connectivity index (χ0) is 63.8. The molecule has 2 rings (SSSR count). The van der Waals surface area contributed by atoms with Crippen LogP contribution >= 0.6 is 0 Å². The number of allylic oxidation sites excluding steroid dienone is 18. The predicted octanol–water partition coefficient (Wildman–Crippen LogP) is 10.9. The summed E-state index contributed by atoms with van der Waals surface area (Å²) in [5.41, 5.74) is 9.95. The lowest BCUT2D eigenvalue weighted by Gasteiger charge is -2.33. The van der Waals surface area contributed by atoms with Gasteiger partial charge in [-0.1, -0.05) is 111 Å². The van der Waals surface area contributed by atoms with Gasteiger partial charge in [-0.05, 0) is 145 Å². The van der Waals surface area contributed by atoms with Gasteiger partial charge in [-0.3, -0.25) is 19.2 Å². The highest BCUT2D eigenvalue weighted by Crippen LogP contribution is 2.42. The largest absolute Gasteiger partial charge is 0.379 e. The predicted molar refractivity (Wildman–Crippen MR) is 348 cm³/mol. The summed E-state index contributed by atoms with van der Waals surface area (Å²) in [5, 5.41) is 11.7. The van der Waals surface area contributed by atoms with Crippen LogP contribution in [-0.4, -0.2) is 161 Å². The maximum atomic E-state index is 13.5. The monoisotopic (exact) mass is 1220 g/mol. The summed E-state index contributed by atoms with van der Waals surface area (Å²) < 4.78 is 44.0. The van der Waals surface area contributed by atoms with E-state index in [1.807, 2.05) is 44.2 Å². The zero-order valence-electron chi connectivity index (χ0n) is 55.0. The fraction of sp³-hybridized carbons (Fsp3) is 0.643. The molecular weight excluding hydrogens is 1100 g/mol. The van der Waals surface area contributed by atoms with Crippen LogP contribution in [0.4, 0.5) is 0 Å². The van der Waals surface area contributed by atoms with Gasteiger partial charge in [-0.25, -0.2) is 0 Å². The summed E-state index contributed by atoms with van der Waals surface area (Å²) >= 11 is 0. The Morgan fingerprint density at radius 2 is 0.897 bits per heavy atom. The topological polar surface area (TPSA) is 207 Å². The molecule has 4 N–H and O–H groups in total. The van der Waals surface area contributed by atoms with Crippen LogP contribution < -0.4 is 21.3 Å². The molecule has 0 aromatic rings. The van der Waals surface area contributed by atoms with Crippen molar-refractivity contribution in [3.05, 3.63) is 117 Å². The molecule has 0 heterocycles. The molecule has 2 aliphatic carbocycles. The van der Waals surface area contributed by atoms with Crippen molar-refractivity contribution in [3.63, 3.8) is 0 Å². The van der Waals surface area contributed by atoms with Crippen LogP contribution in [0.1, 0.15) is 153 Å². The van der Waals surface area contributed by atoms with E-state index in [0.717, 1.165) is 41.4 Å². The number of aldehydes is 1. The normalized spacial score (nSPS) is 16.4. The fourth-order valence-electron chi connectivity index (χ4n) is 9.81. The van der Waals surface area contributed by atoms with Crippen molar-refractivity contribution in [2.75, 3.05) is 125 Å². The minimum absolute atomic E-state index is 0.0848. The highest BCUT2D eigenvalue weighted by atomic mass is 16.6. The maximum Gasteiger partial charge on any atom is 0.244 e. The minimum Gasteiger partial charge on any atom is -0.379 e. The third-order valence-corrected chi connectivity index (χ3v) is 14.8. The Hall–Kier alpha value is -5.37. The maximum absolute atomic E-state index is 13.5. The number of nitrogens with one attached hydrogen (secondary N) is 4. The Balaban J connectivity index is 1.69. The number of amides is 4. The molecule has 0 aromatic heterocycles. The smallest absolute Gasteiger partial charge is 0.244 e. The van der Waals surface area contributed by atoms with Crippen molar-refractivity contribution >= 4 is 29.9 Å². The molecule has 0 fully saturated rings. The highest BCUT2D eigenvalue weighted by molar-refractivity contribution is 5.93. The molecule has 0 unspecified atom stereocenters. The van der Waals surface area contributed by atoms with Gasteiger partial charge in [0, 0.05) is 57.8 Å². The van der Waals surface area contributed by atoms with Crippen molar-refractivity contribution in [1.29, 1.82) is 0 Å². The van der Waals surface area contributed by atoms with Crippen molar-refractivity contribution in [1.82, 2.24) is 21.3 Å². The van der Waals surface area contributed by atoms with E-state index in [-0.39, 0.29) is 40.9 Å². The highest BCUT2D eigenvalue weighted by Gasteiger charge is 2.27. The number of hydrogen-bond acceptors (Lipinski definition) is 13. The number of hydrogen-bond donors (Lipinski definition) is 4. The minimum atomic E-state index is -0.767. The van der Waals surface area contributed by atoms with E-state index in [9.17, 15) is 24.0 Å². The molecule has 0 saturated heterocycles. The summed E-state index contributed by atoms with van der Waals surface area (Å²) in [6.07, 6.45) is 35.2. The molecular formula is C70H112N4O13. The molecule has 0 aromatic carbocycles. The lowest BCUT2D eigenvalue weighted by Crippen LogP contribution is -2.46. The summed E-state index contributed by atoms with van der Waals surface area (Å²) in [6, 6.07) is -0.767. The van der Waals surface area contributed by atoms with Crippen molar-refractivity contribution in [2.45, 2.75) is 159 Å². The molecule has 1 atom stereocenters. The second-order valence-electron chi connectivity index (χ2n) is 23.6. The second kappa shape index (κ2) is 48.5. The van der Waals surface area contributed by atoms with Gasteiger partial charge in [0.2, 0.25) is 23.6 Å². The molecule has 17 heteroatoms. The van der Waals surface area contributed by atoms with Gasteiger partial charge < -0.3 is 64.0 Å². The van der Waals surface area contributed by atoms with Crippen molar-refractivity contribution in [3.8, 4) is 0 Å². The first-order valence-electron chi connectivity index (χ1n) is 31.9. The van der Waals surface area contributed by atoms with E-state index < -0.39 is 6.04 Å². The van der Waals surface area contributed by atoms with Gasteiger partial charge in [-0.15, -0.1) is 0 Å². The standard InChI is InChI=1S/C70H112N4O13/c1-56(27-29-62-60(5)24-15-32-69(62,7)8)20-13-22-58(3)54-66(77)72-34-12-11-26-64(74-67(78)55-59(4)23-14-21-57(2)28-30-63-61(6)25-16-33-70(63,9)10)68(79)73-36-18-39-81-43-47-84-46-42-80-38-17-35-71-65(76)31-41-83-45-49-86-51-53-87-52-50-85-48-44-82-40-19-37-75/h13-14,20-23,27-30,37,54-55,64H,11-12,15-19,24-26,31-36,38-53H2,1-10H3,(H,71,76)(H,72,77)(H,73,79)(H,74,78)/b22-13+,23-14+,29-27+,30-28+,56-20+,57-21+,58-54+,59-55+/t64-/m0/s1. The number of unbranched alkanes of at least 4 members (excludes halogenated alkanes) is 1. The van der Waals surface area contributed by atoms with Gasteiger partial charge in [0.1, 0.15) is 12.3 Å². The summed E-state index contributed by atoms with van der Waals surface area (Å²) in [6.45, 7) is 29.7.